The molecule has 17 heavy (non-hydrogen) atoms. The number of likely N-dealkylation sites (tertiary alicyclic amines) is 1. The van der Waals surface area contributed by atoms with Crippen LogP contribution in [0.1, 0.15) is 40.5 Å². The van der Waals surface area contributed by atoms with Crippen molar-refractivity contribution in [3.05, 3.63) is 0 Å². The third kappa shape index (κ3) is 3.12. The van der Waals surface area contributed by atoms with Crippen molar-refractivity contribution in [2.45, 2.75) is 46.1 Å². The first-order chi connectivity index (χ1) is 7.91. The van der Waals surface area contributed by atoms with Crippen LogP contribution < -0.4 is 5.32 Å². The average molecular weight is 242 g/mol. The number of hydrogen-bond acceptors (Lipinski definition) is 2. The van der Waals surface area contributed by atoms with Gasteiger partial charge in [0.15, 0.2) is 0 Å². The molecule has 4 heteroatoms. The van der Waals surface area contributed by atoms with Crippen LogP contribution in [0.3, 0.4) is 0 Å². The summed E-state index contributed by atoms with van der Waals surface area (Å²) >= 11 is 0. The van der Waals surface area contributed by atoms with Gasteiger partial charge in [-0.1, -0.05) is 34.1 Å². The van der Waals surface area contributed by atoms with Gasteiger partial charge in [-0.2, -0.15) is 0 Å². The van der Waals surface area contributed by atoms with Gasteiger partial charge >= 0.3 is 6.03 Å². The van der Waals surface area contributed by atoms with E-state index >= 15 is 0 Å². The normalized spacial score (nSPS) is 28.8. The van der Waals surface area contributed by atoms with Crippen molar-refractivity contribution < 1.29 is 9.90 Å². The maximum atomic E-state index is 11.9. The van der Waals surface area contributed by atoms with Crippen LogP contribution in [0.5, 0.6) is 0 Å². The summed E-state index contributed by atoms with van der Waals surface area (Å²) in [6.45, 7) is 9.95. The summed E-state index contributed by atoms with van der Waals surface area (Å²) in [7, 11) is 0. The highest BCUT2D eigenvalue weighted by Crippen LogP contribution is 2.33. The van der Waals surface area contributed by atoms with E-state index in [4.69, 9.17) is 0 Å². The second kappa shape index (κ2) is 5.71. The Morgan fingerprint density at radius 3 is 2.71 bits per heavy atom. The van der Waals surface area contributed by atoms with Gasteiger partial charge in [0.1, 0.15) is 0 Å². The standard InChI is InChI=1S/C13H26N2O2/c1-5-6-7-14-12(16)15-8-11(4)13(17,9-15)10(2)3/h10-11,17H,5-9H2,1-4H3,(H,14,16)/t11-,13-/m1/s1. The number of carbonyl (C=O) groups excluding carboxylic acids is 1. The number of aliphatic hydroxyl groups is 1. The molecule has 0 aromatic carbocycles. The molecule has 0 bridgehead atoms. The smallest absolute Gasteiger partial charge is 0.317 e. The molecule has 0 aliphatic carbocycles. The minimum atomic E-state index is -0.734. The maximum absolute atomic E-state index is 11.9. The monoisotopic (exact) mass is 242 g/mol. The van der Waals surface area contributed by atoms with E-state index in [9.17, 15) is 9.90 Å². The highest BCUT2D eigenvalue weighted by atomic mass is 16.3. The van der Waals surface area contributed by atoms with Crippen LogP contribution in [0.4, 0.5) is 4.79 Å². The van der Waals surface area contributed by atoms with Crippen molar-refractivity contribution in [1.82, 2.24) is 10.2 Å². The molecular formula is C13H26N2O2. The number of β-amino-alcohol motifs (C(OH)–C–C–N with tert-alkyl or cyclic N) is 1. The fourth-order valence-corrected chi connectivity index (χ4v) is 2.41. The summed E-state index contributed by atoms with van der Waals surface area (Å²) < 4.78 is 0. The summed E-state index contributed by atoms with van der Waals surface area (Å²) in [5, 5.41) is 13.4. The van der Waals surface area contributed by atoms with Gasteiger partial charge in [0.2, 0.25) is 0 Å². The van der Waals surface area contributed by atoms with Crippen molar-refractivity contribution in [2.24, 2.45) is 11.8 Å². The first-order valence-electron chi connectivity index (χ1n) is 6.67. The SMILES string of the molecule is CCCCNC(=O)N1C[C@@H](C)[C@](O)(C(C)C)C1. The lowest BCUT2D eigenvalue weighted by molar-refractivity contribution is -0.0235. The fourth-order valence-electron chi connectivity index (χ4n) is 2.41. The van der Waals surface area contributed by atoms with Crippen LogP contribution in [0.15, 0.2) is 0 Å². The van der Waals surface area contributed by atoms with E-state index in [-0.39, 0.29) is 17.9 Å². The third-order valence-corrected chi connectivity index (χ3v) is 3.89. The van der Waals surface area contributed by atoms with Gasteiger partial charge in [0.05, 0.1) is 12.1 Å². The van der Waals surface area contributed by atoms with Gasteiger partial charge in [0, 0.05) is 19.0 Å². The molecule has 1 fully saturated rings. The molecule has 1 aliphatic heterocycles. The summed E-state index contributed by atoms with van der Waals surface area (Å²) in [5.41, 5.74) is -0.734. The number of urea groups is 1. The summed E-state index contributed by atoms with van der Waals surface area (Å²) in [6.07, 6.45) is 2.08. The maximum Gasteiger partial charge on any atom is 0.317 e. The molecule has 0 saturated carbocycles. The molecule has 0 spiro atoms. The highest BCUT2D eigenvalue weighted by Gasteiger charge is 2.46. The molecule has 1 aliphatic rings. The second-order valence-electron chi connectivity index (χ2n) is 5.51. The molecule has 1 heterocycles. The Morgan fingerprint density at radius 2 is 2.24 bits per heavy atom. The fraction of sp³-hybridized carbons (Fsp3) is 0.923. The van der Waals surface area contributed by atoms with Gasteiger partial charge in [-0.25, -0.2) is 4.79 Å². The van der Waals surface area contributed by atoms with Gasteiger partial charge in [-0.3, -0.25) is 0 Å². The number of carbonyl (C=O) groups is 1. The molecule has 0 aromatic heterocycles. The van der Waals surface area contributed by atoms with E-state index in [0.29, 0.717) is 13.1 Å². The zero-order chi connectivity index (χ0) is 13.1. The molecule has 0 aromatic rings. The molecule has 100 valence electrons. The van der Waals surface area contributed by atoms with E-state index in [2.05, 4.69) is 12.2 Å². The molecule has 2 N–H and O–H groups in total. The second-order valence-corrected chi connectivity index (χ2v) is 5.51. The van der Waals surface area contributed by atoms with Crippen molar-refractivity contribution >= 4 is 6.03 Å². The van der Waals surface area contributed by atoms with Crippen LogP contribution in [-0.2, 0) is 0 Å². The quantitative estimate of drug-likeness (QED) is 0.739. The van der Waals surface area contributed by atoms with Crippen molar-refractivity contribution in [3.8, 4) is 0 Å². The average Bonchev–Trinajstić information content (AvgIpc) is 2.57. The minimum absolute atomic E-state index is 0.0399. The topological polar surface area (TPSA) is 52.6 Å². The van der Waals surface area contributed by atoms with Gasteiger partial charge < -0.3 is 15.3 Å². The lowest BCUT2D eigenvalue weighted by Crippen LogP contribution is -2.45. The zero-order valence-electron chi connectivity index (χ0n) is 11.5. The molecule has 1 saturated heterocycles. The van der Waals surface area contributed by atoms with Crippen LogP contribution >= 0.6 is 0 Å². The van der Waals surface area contributed by atoms with E-state index in [1.807, 2.05) is 20.8 Å². The number of nitrogens with zero attached hydrogens (tertiary/aromatic N) is 1. The first kappa shape index (κ1) is 14.3. The largest absolute Gasteiger partial charge is 0.387 e. The number of nitrogens with one attached hydrogen (secondary N) is 1. The summed E-state index contributed by atoms with van der Waals surface area (Å²) in [6, 6.07) is -0.0399. The Morgan fingerprint density at radius 1 is 1.59 bits per heavy atom. The molecule has 1 rings (SSSR count). The summed E-state index contributed by atoms with van der Waals surface area (Å²) in [4.78, 5) is 13.6. The molecule has 0 radical (unpaired) electrons. The number of rotatable bonds is 4. The third-order valence-electron chi connectivity index (χ3n) is 3.89. The highest BCUT2D eigenvalue weighted by molar-refractivity contribution is 5.74. The van der Waals surface area contributed by atoms with Crippen LogP contribution in [0.2, 0.25) is 0 Å². The van der Waals surface area contributed by atoms with E-state index in [1.165, 1.54) is 0 Å². The number of unbranched alkanes of at least 4 members (excludes halogenated alkanes) is 1. The van der Waals surface area contributed by atoms with Gasteiger partial charge in [-0.15, -0.1) is 0 Å². The van der Waals surface area contributed by atoms with Crippen molar-refractivity contribution in [2.75, 3.05) is 19.6 Å². The molecule has 4 nitrogen and oxygen atoms in total. The van der Waals surface area contributed by atoms with Crippen LogP contribution in [0, 0.1) is 11.8 Å². The molecule has 2 amide bonds. The minimum Gasteiger partial charge on any atom is -0.387 e. The van der Waals surface area contributed by atoms with E-state index in [1.54, 1.807) is 4.90 Å². The van der Waals surface area contributed by atoms with Gasteiger partial charge in [-0.05, 0) is 12.3 Å². The Labute approximate surface area is 104 Å². The van der Waals surface area contributed by atoms with Crippen LogP contribution in [0.25, 0.3) is 0 Å². The van der Waals surface area contributed by atoms with E-state index in [0.717, 1.165) is 19.4 Å². The summed E-state index contributed by atoms with van der Waals surface area (Å²) in [5.74, 6) is 0.311. The van der Waals surface area contributed by atoms with E-state index < -0.39 is 5.60 Å². The Balaban J connectivity index is 2.51. The lowest BCUT2D eigenvalue weighted by atomic mass is 9.82. The predicted molar refractivity (Wildman–Crippen MR) is 68.8 cm³/mol. The number of hydrogen-bond donors (Lipinski definition) is 2. The lowest BCUT2D eigenvalue weighted by Gasteiger charge is -2.30. The molecular weight excluding hydrogens is 216 g/mol. The van der Waals surface area contributed by atoms with Crippen molar-refractivity contribution in [3.63, 3.8) is 0 Å². The predicted octanol–water partition coefficient (Wildman–Crippen LogP) is 1.83. The Hall–Kier alpha value is -0.770. The van der Waals surface area contributed by atoms with Crippen LogP contribution in [-0.4, -0.2) is 41.3 Å². The molecule has 2 atom stereocenters. The molecule has 0 unspecified atom stereocenters. The number of amides is 2. The van der Waals surface area contributed by atoms with Gasteiger partial charge in [0.25, 0.3) is 0 Å². The first-order valence-corrected chi connectivity index (χ1v) is 6.67. The zero-order valence-corrected chi connectivity index (χ0v) is 11.5. The Bertz CT molecular complexity index is 268. The Kier molecular flexibility index (Phi) is 4.80. The van der Waals surface area contributed by atoms with Crippen molar-refractivity contribution in [1.29, 1.82) is 0 Å².